The molecule has 2 saturated carbocycles. The molecule has 0 bridgehead atoms. The van der Waals surface area contributed by atoms with Gasteiger partial charge in [-0.1, -0.05) is 71.1 Å². The van der Waals surface area contributed by atoms with Gasteiger partial charge in [0.15, 0.2) is 17.9 Å². The Bertz CT molecular complexity index is 629. The van der Waals surface area contributed by atoms with Gasteiger partial charge in [-0.3, -0.25) is 0 Å². The predicted octanol–water partition coefficient (Wildman–Crippen LogP) is 6.78. The maximum atomic E-state index is 6.63. The molecule has 3 heterocycles. The first kappa shape index (κ1) is 26.4. The molecule has 6 heteroatoms. The zero-order chi connectivity index (χ0) is 24.0. The molecule has 5 atom stereocenters. The third-order valence-electron chi connectivity index (χ3n) is 8.92. The van der Waals surface area contributed by atoms with Crippen molar-refractivity contribution in [3.05, 3.63) is 0 Å². The van der Waals surface area contributed by atoms with Gasteiger partial charge in [0.1, 0.15) is 24.4 Å². The Morgan fingerprint density at radius 1 is 0.657 bits per heavy atom. The van der Waals surface area contributed by atoms with Crippen LogP contribution in [0.2, 0.25) is 0 Å². The van der Waals surface area contributed by atoms with Gasteiger partial charge >= 0.3 is 0 Å². The molecule has 3 aliphatic heterocycles. The largest absolute Gasteiger partial charge is 0.372 e. The molecule has 0 N–H and O–H groups in total. The first-order valence-electron chi connectivity index (χ1n) is 15.2. The third kappa shape index (κ3) is 6.43. The average Bonchev–Trinajstić information content (AvgIpc) is 3.53. The molecule has 6 nitrogen and oxygen atoms in total. The summed E-state index contributed by atoms with van der Waals surface area (Å²) in [6, 6.07) is 0. The van der Waals surface area contributed by atoms with Gasteiger partial charge < -0.3 is 28.4 Å². The van der Waals surface area contributed by atoms with Crippen molar-refractivity contribution >= 4 is 0 Å². The number of rotatable bonds is 12. The Morgan fingerprint density at radius 2 is 1.29 bits per heavy atom. The van der Waals surface area contributed by atoms with Crippen LogP contribution in [0.3, 0.4) is 0 Å². The summed E-state index contributed by atoms with van der Waals surface area (Å²) >= 11 is 0. The smallest absolute Gasteiger partial charge is 0.190 e. The highest BCUT2D eigenvalue weighted by molar-refractivity contribution is 5.01. The maximum Gasteiger partial charge on any atom is 0.190 e. The molecule has 0 amide bonds. The van der Waals surface area contributed by atoms with Gasteiger partial charge in [-0.05, 0) is 32.1 Å². The van der Waals surface area contributed by atoms with E-state index in [1.165, 1.54) is 77.0 Å². The van der Waals surface area contributed by atoms with E-state index in [9.17, 15) is 0 Å². The summed E-state index contributed by atoms with van der Waals surface area (Å²) in [7, 11) is 0. The van der Waals surface area contributed by atoms with E-state index in [-0.39, 0.29) is 30.7 Å². The Balaban J connectivity index is 1.12. The molecule has 0 unspecified atom stereocenters. The van der Waals surface area contributed by atoms with Crippen LogP contribution in [0, 0.1) is 0 Å². The van der Waals surface area contributed by atoms with Crippen LogP contribution in [0.15, 0.2) is 0 Å². The SMILES string of the molecule is CCCCCCCCCCCO[C@@H]1[C@H]([C@@H]2COC3(CCCCC3)O2)O[C@H]2OC3(CCCCC3)O[C@@H]21. The van der Waals surface area contributed by atoms with Crippen molar-refractivity contribution in [2.24, 2.45) is 0 Å². The van der Waals surface area contributed by atoms with Crippen LogP contribution in [-0.2, 0) is 28.4 Å². The van der Waals surface area contributed by atoms with Crippen LogP contribution in [-0.4, -0.2) is 55.5 Å². The fourth-order valence-electron chi connectivity index (χ4n) is 6.90. The number of unbranched alkanes of at least 4 members (excludes halogenated alkanes) is 8. The van der Waals surface area contributed by atoms with Crippen LogP contribution in [0.5, 0.6) is 0 Å². The van der Waals surface area contributed by atoms with Gasteiger partial charge in [0.25, 0.3) is 0 Å². The normalized spacial score (nSPS) is 35.7. The van der Waals surface area contributed by atoms with E-state index in [0.29, 0.717) is 6.61 Å². The van der Waals surface area contributed by atoms with Gasteiger partial charge in [-0.2, -0.15) is 0 Å². The van der Waals surface area contributed by atoms with Crippen LogP contribution in [0.4, 0.5) is 0 Å². The summed E-state index contributed by atoms with van der Waals surface area (Å²) in [4.78, 5) is 0. The first-order chi connectivity index (χ1) is 17.2. The second-order valence-corrected chi connectivity index (χ2v) is 11.7. The molecule has 0 aromatic rings. The Morgan fingerprint density at radius 3 is 1.97 bits per heavy atom. The molecule has 202 valence electrons. The Hall–Kier alpha value is -0.240. The number of hydrogen-bond acceptors (Lipinski definition) is 6. The molecular formula is C29H50O6. The van der Waals surface area contributed by atoms with Crippen molar-refractivity contribution < 1.29 is 28.4 Å². The lowest BCUT2D eigenvalue weighted by atomic mass is 9.94. The molecule has 5 rings (SSSR count). The molecule has 3 saturated heterocycles. The van der Waals surface area contributed by atoms with Crippen molar-refractivity contribution in [1.29, 1.82) is 0 Å². The quantitative estimate of drug-likeness (QED) is 0.279. The molecular weight excluding hydrogens is 444 g/mol. The summed E-state index contributed by atoms with van der Waals surface area (Å²) in [5.74, 6) is -0.868. The van der Waals surface area contributed by atoms with Crippen molar-refractivity contribution in [1.82, 2.24) is 0 Å². The highest BCUT2D eigenvalue weighted by Gasteiger charge is 2.61. The van der Waals surface area contributed by atoms with E-state index in [0.717, 1.165) is 51.6 Å². The van der Waals surface area contributed by atoms with Crippen LogP contribution in [0.25, 0.3) is 0 Å². The number of hydrogen-bond donors (Lipinski definition) is 0. The van der Waals surface area contributed by atoms with Crippen molar-refractivity contribution in [3.8, 4) is 0 Å². The van der Waals surface area contributed by atoms with Crippen molar-refractivity contribution in [3.63, 3.8) is 0 Å². The van der Waals surface area contributed by atoms with E-state index in [2.05, 4.69) is 6.92 Å². The standard InChI is InChI=1S/C29H50O6/c1-2-3-4-5-6-7-8-9-16-21-30-25-24(23-22-31-28(33-23)17-12-10-13-18-28)32-27-26(25)34-29(35-27)19-14-11-15-20-29/h23-27H,2-22H2,1H3/t23-,24-,25+,26+,27-/m0/s1. The van der Waals surface area contributed by atoms with Gasteiger partial charge in [0, 0.05) is 32.3 Å². The minimum Gasteiger partial charge on any atom is -0.372 e. The second kappa shape index (κ2) is 12.5. The van der Waals surface area contributed by atoms with E-state index >= 15 is 0 Å². The molecule has 2 spiro atoms. The lowest BCUT2D eigenvalue weighted by molar-refractivity contribution is -0.262. The van der Waals surface area contributed by atoms with Gasteiger partial charge in [-0.15, -0.1) is 0 Å². The predicted molar refractivity (Wildman–Crippen MR) is 134 cm³/mol. The summed E-state index contributed by atoms with van der Waals surface area (Å²) in [5.41, 5.74) is 0. The zero-order valence-electron chi connectivity index (χ0n) is 22.2. The topological polar surface area (TPSA) is 55.4 Å². The van der Waals surface area contributed by atoms with Crippen molar-refractivity contribution in [2.75, 3.05) is 13.2 Å². The lowest BCUT2D eigenvalue weighted by Gasteiger charge is -2.35. The summed E-state index contributed by atoms with van der Waals surface area (Å²) in [6.45, 7) is 3.60. The highest BCUT2D eigenvalue weighted by Crippen LogP contribution is 2.48. The molecule has 5 fully saturated rings. The van der Waals surface area contributed by atoms with Gasteiger partial charge in [0.2, 0.25) is 0 Å². The second-order valence-electron chi connectivity index (χ2n) is 11.7. The van der Waals surface area contributed by atoms with E-state index in [1.807, 2.05) is 0 Å². The summed E-state index contributed by atoms with van der Waals surface area (Å²) in [5, 5.41) is 0. The fraction of sp³-hybridized carbons (Fsp3) is 1.00. The minimum absolute atomic E-state index is 0.110. The monoisotopic (exact) mass is 494 g/mol. The lowest BCUT2D eigenvalue weighted by Crippen LogP contribution is -2.46. The van der Waals surface area contributed by atoms with E-state index < -0.39 is 11.6 Å². The molecule has 5 aliphatic rings. The molecule has 2 aliphatic carbocycles. The van der Waals surface area contributed by atoms with E-state index in [1.54, 1.807) is 0 Å². The summed E-state index contributed by atoms with van der Waals surface area (Å²) in [6.07, 6.45) is 22.0. The first-order valence-corrected chi connectivity index (χ1v) is 15.2. The average molecular weight is 495 g/mol. The summed E-state index contributed by atoms with van der Waals surface area (Å²) < 4.78 is 39.0. The zero-order valence-corrected chi connectivity index (χ0v) is 22.2. The van der Waals surface area contributed by atoms with Crippen LogP contribution >= 0.6 is 0 Å². The number of fused-ring (bicyclic) bond motifs is 1. The minimum atomic E-state index is -0.463. The Labute approximate surface area is 213 Å². The molecule has 0 aromatic carbocycles. The molecule has 35 heavy (non-hydrogen) atoms. The maximum absolute atomic E-state index is 6.63. The molecule has 0 aromatic heterocycles. The number of ether oxygens (including phenoxy) is 6. The highest BCUT2D eigenvalue weighted by atomic mass is 16.9. The van der Waals surface area contributed by atoms with Gasteiger partial charge in [-0.25, -0.2) is 0 Å². The molecule has 0 radical (unpaired) electrons. The van der Waals surface area contributed by atoms with Crippen LogP contribution < -0.4 is 0 Å². The van der Waals surface area contributed by atoms with Crippen LogP contribution in [0.1, 0.15) is 129 Å². The fourth-order valence-corrected chi connectivity index (χ4v) is 6.90. The van der Waals surface area contributed by atoms with E-state index in [4.69, 9.17) is 28.4 Å². The Kier molecular flexibility index (Phi) is 9.45. The van der Waals surface area contributed by atoms with Crippen molar-refractivity contribution in [2.45, 2.75) is 171 Å². The van der Waals surface area contributed by atoms with Gasteiger partial charge in [0.05, 0.1) is 6.61 Å². The third-order valence-corrected chi connectivity index (χ3v) is 8.92.